The number of rotatable bonds is 8. The number of aromatic nitrogens is 2. The average Bonchev–Trinajstić information content (AvgIpc) is 3.45. The van der Waals surface area contributed by atoms with Crippen LogP contribution in [0.1, 0.15) is 21.9 Å². The van der Waals surface area contributed by atoms with Gasteiger partial charge in [0.2, 0.25) is 0 Å². The fourth-order valence-corrected chi connectivity index (χ4v) is 2.98. The lowest BCUT2D eigenvalue weighted by Crippen LogP contribution is -2.11. The summed E-state index contributed by atoms with van der Waals surface area (Å²) in [5.74, 6) is 0.200. The van der Waals surface area contributed by atoms with Gasteiger partial charge in [0.15, 0.2) is 11.5 Å². The van der Waals surface area contributed by atoms with E-state index in [2.05, 4.69) is 10.4 Å². The predicted molar refractivity (Wildman–Crippen MR) is 112 cm³/mol. The zero-order valence-electron chi connectivity index (χ0n) is 16.3. The number of nitrogens with one attached hydrogen (secondary N) is 1. The minimum atomic E-state index is -0.517. The van der Waals surface area contributed by atoms with Crippen LogP contribution in [-0.2, 0) is 13.2 Å². The number of nitro benzene ring substituents is 1. The molecule has 4 aromatic rings. The molecule has 0 unspecified atom stereocenters. The summed E-state index contributed by atoms with van der Waals surface area (Å²) in [5, 5.41) is 18.0. The fraction of sp³-hybridized carbons (Fsp3) is 0.0909. The van der Waals surface area contributed by atoms with E-state index in [0.29, 0.717) is 18.0 Å². The first-order valence-electron chi connectivity index (χ1n) is 9.41. The van der Waals surface area contributed by atoms with Crippen LogP contribution in [-0.4, -0.2) is 20.6 Å². The Morgan fingerprint density at radius 2 is 2.00 bits per heavy atom. The van der Waals surface area contributed by atoms with Gasteiger partial charge in [-0.3, -0.25) is 19.6 Å². The number of para-hydroxylation sites is 2. The highest BCUT2D eigenvalue weighted by Gasteiger charge is 2.16. The second kappa shape index (κ2) is 8.95. The Morgan fingerprint density at radius 1 is 1.13 bits per heavy atom. The van der Waals surface area contributed by atoms with Gasteiger partial charge in [-0.05, 0) is 42.0 Å². The number of hydrogen-bond acceptors (Lipinski definition) is 6. The summed E-state index contributed by atoms with van der Waals surface area (Å²) in [6, 6.07) is 18.5. The van der Waals surface area contributed by atoms with Crippen LogP contribution in [0.25, 0.3) is 0 Å². The second-order valence-electron chi connectivity index (χ2n) is 6.64. The monoisotopic (exact) mass is 418 g/mol. The van der Waals surface area contributed by atoms with Crippen molar-refractivity contribution >= 4 is 17.3 Å². The number of nitro groups is 1. The molecular formula is C22H18N4O5. The fourth-order valence-electron chi connectivity index (χ4n) is 2.98. The van der Waals surface area contributed by atoms with Crippen LogP contribution in [0.4, 0.5) is 11.4 Å². The molecule has 0 atom stereocenters. The van der Waals surface area contributed by atoms with Crippen LogP contribution in [0.15, 0.2) is 83.5 Å². The van der Waals surface area contributed by atoms with Gasteiger partial charge in [0.25, 0.3) is 5.91 Å². The maximum Gasteiger partial charge on any atom is 0.310 e. The Morgan fingerprint density at radius 3 is 2.81 bits per heavy atom. The molecule has 1 N–H and O–H groups in total. The highest BCUT2D eigenvalue weighted by molar-refractivity contribution is 6.02. The second-order valence-corrected chi connectivity index (χ2v) is 6.64. The predicted octanol–water partition coefficient (Wildman–Crippen LogP) is 4.26. The minimum Gasteiger partial charge on any atom is -0.479 e. The summed E-state index contributed by atoms with van der Waals surface area (Å²) < 4.78 is 12.8. The maximum absolute atomic E-state index is 12.5. The zero-order valence-corrected chi connectivity index (χ0v) is 16.3. The number of hydrogen-bond donors (Lipinski definition) is 1. The van der Waals surface area contributed by atoms with E-state index in [1.165, 1.54) is 18.2 Å². The Balaban J connectivity index is 1.38. The molecule has 0 saturated heterocycles. The Kier molecular flexibility index (Phi) is 5.75. The molecule has 2 aromatic heterocycles. The smallest absolute Gasteiger partial charge is 0.310 e. The van der Waals surface area contributed by atoms with Crippen molar-refractivity contribution in [2.75, 3.05) is 5.32 Å². The van der Waals surface area contributed by atoms with E-state index in [4.69, 9.17) is 9.15 Å². The van der Waals surface area contributed by atoms with E-state index >= 15 is 0 Å². The molecule has 0 aliphatic heterocycles. The van der Waals surface area contributed by atoms with Crippen molar-refractivity contribution in [2.45, 2.75) is 13.2 Å². The summed E-state index contributed by atoms with van der Waals surface area (Å²) in [7, 11) is 0. The molecule has 156 valence electrons. The Hall–Kier alpha value is -4.40. The number of anilines is 1. The first kappa shape index (κ1) is 19.9. The average molecular weight is 418 g/mol. The van der Waals surface area contributed by atoms with Gasteiger partial charge >= 0.3 is 5.69 Å². The number of carbonyl (C=O) groups excluding carboxylic acids is 1. The Labute approximate surface area is 177 Å². The van der Waals surface area contributed by atoms with Crippen LogP contribution >= 0.6 is 0 Å². The molecular weight excluding hydrogens is 400 g/mol. The van der Waals surface area contributed by atoms with Crippen molar-refractivity contribution in [3.63, 3.8) is 0 Å². The van der Waals surface area contributed by atoms with Gasteiger partial charge in [-0.15, -0.1) is 0 Å². The molecule has 0 bridgehead atoms. The molecule has 2 aromatic carbocycles. The summed E-state index contributed by atoms with van der Waals surface area (Å²) in [5.41, 5.74) is 1.48. The highest BCUT2D eigenvalue weighted by Crippen LogP contribution is 2.27. The summed E-state index contributed by atoms with van der Waals surface area (Å²) >= 11 is 0. The normalized spacial score (nSPS) is 10.6. The van der Waals surface area contributed by atoms with Gasteiger partial charge in [-0.1, -0.05) is 24.3 Å². The van der Waals surface area contributed by atoms with E-state index in [1.807, 2.05) is 30.5 Å². The van der Waals surface area contributed by atoms with Gasteiger partial charge in [-0.25, -0.2) is 0 Å². The van der Waals surface area contributed by atoms with Crippen LogP contribution in [0, 0.1) is 10.1 Å². The maximum atomic E-state index is 12.5. The molecule has 9 heteroatoms. The third-order valence-electron chi connectivity index (χ3n) is 4.41. The van der Waals surface area contributed by atoms with Crippen molar-refractivity contribution in [1.29, 1.82) is 0 Å². The van der Waals surface area contributed by atoms with E-state index in [-0.39, 0.29) is 23.8 Å². The van der Waals surface area contributed by atoms with Gasteiger partial charge in [0, 0.05) is 24.1 Å². The van der Waals surface area contributed by atoms with Gasteiger partial charge in [-0.2, -0.15) is 5.10 Å². The molecule has 0 aliphatic carbocycles. The topological polar surface area (TPSA) is 112 Å². The first-order chi connectivity index (χ1) is 15.1. The van der Waals surface area contributed by atoms with Gasteiger partial charge in [0.05, 0.1) is 11.5 Å². The third-order valence-corrected chi connectivity index (χ3v) is 4.41. The van der Waals surface area contributed by atoms with E-state index < -0.39 is 10.8 Å². The van der Waals surface area contributed by atoms with Crippen molar-refractivity contribution in [1.82, 2.24) is 9.78 Å². The minimum absolute atomic E-state index is 0.0442. The van der Waals surface area contributed by atoms with E-state index in [0.717, 1.165) is 5.56 Å². The molecule has 0 fully saturated rings. The lowest BCUT2D eigenvalue weighted by molar-refractivity contribution is -0.386. The molecule has 9 nitrogen and oxygen atoms in total. The molecule has 4 rings (SSSR count). The molecule has 0 radical (unpaired) electrons. The largest absolute Gasteiger partial charge is 0.479 e. The molecule has 0 spiro atoms. The van der Waals surface area contributed by atoms with Crippen LogP contribution in [0.3, 0.4) is 0 Å². The van der Waals surface area contributed by atoms with E-state index in [9.17, 15) is 14.9 Å². The number of furan rings is 1. The molecule has 2 heterocycles. The number of carbonyl (C=O) groups is 1. The van der Waals surface area contributed by atoms with Crippen molar-refractivity contribution < 1.29 is 18.9 Å². The summed E-state index contributed by atoms with van der Waals surface area (Å²) in [6.45, 7) is 0.544. The van der Waals surface area contributed by atoms with Crippen molar-refractivity contribution in [3.05, 3.63) is 106 Å². The number of amides is 1. The first-order valence-corrected chi connectivity index (χ1v) is 9.41. The van der Waals surface area contributed by atoms with Crippen LogP contribution in [0.2, 0.25) is 0 Å². The number of nitrogens with zero attached hydrogens (tertiary/aromatic N) is 3. The molecule has 31 heavy (non-hydrogen) atoms. The summed E-state index contributed by atoms with van der Waals surface area (Å²) in [6.07, 6.45) is 3.57. The summed E-state index contributed by atoms with van der Waals surface area (Å²) in [4.78, 5) is 23.1. The van der Waals surface area contributed by atoms with Gasteiger partial charge < -0.3 is 14.5 Å². The van der Waals surface area contributed by atoms with Crippen molar-refractivity contribution in [2.24, 2.45) is 0 Å². The molecule has 1 amide bonds. The zero-order chi connectivity index (χ0) is 21.6. The van der Waals surface area contributed by atoms with Crippen LogP contribution < -0.4 is 10.1 Å². The Bertz CT molecular complexity index is 1200. The highest BCUT2D eigenvalue weighted by atomic mass is 16.6. The number of ether oxygens (including phenoxy) is 1. The molecule has 0 saturated carbocycles. The molecule has 0 aliphatic rings. The third kappa shape index (κ3) is 4.96. The van der Waals surface area contributed by atoms with Crippen LogP contribution in [0.5, 0.6) is 5.75 Å². The number of benzene rings is 2. The van der Waals surface area contributed by atoms with E-state index in [1.54, 1.807) is 35.1 Å². The van der Waals surface area contributed by atoms with Crippen molar-refractivity contribution in [3.8, 4) is 5.75 Å². The lowest BCUT2D eigenvalue weighted by atomic mass is 10.2. The SMILES string of the molecule is O=C(Nc1cccc(Cn2cccn2)c1)c1ccc(COc2ccccc2[N+](=O)[O-])o1. The lowest BCUT2D eigenvalue weighted by Gasteiger charge is -2.07. The standard InChI is InChI=1S/C22H18N4O5/c27-22(24-17-6-3-5-16(13-17)14-25-12-4-11-23-25)21-10-9-18(31-21)15-30-20-8-2-1-7-19(20)26(28)29/h1-13H,14-15H2,(H,24,27). The van der Waals surface area contributed by atoms with Gasteiger partial charge in [0.1, 0.15) is 12.4 Å². The quantitative estimate of drug-likeness (QED) is 0.338.